The Balaban J connectivity index is 1.67. The standard InChI is InChI=1S/C22H26N2O6S/c1-16(2)13-24(17-9-11-31(27,28)15-17)21(25)14-29-22(26)19-7-3-4-8-20(19)30-18-6-5-10-23-12-18/h3-8,10,12,16-17H,9,11,13-15H2,1-2H3. The van der Waals surface area contributed by atoms with Gasteiger partial charge in [0.15, 0.2) is 16.4 Å². The van der Waals surface area contributed by atoms with Gasteiger partial charge >= 0.3 is 5.97 Å². The normalized spacial score (nSPS) is 17.3. The highest BCUT2D eigenvalue weighted by molar-refractivity contribution is 7.91. The number of para-hydroxylation sites is 1. The maximum absolute atomic E-state index is 12.8. The van der Waals surface area contributed by atoms with Crippen LogP contribution in [-0.4, -0.2) is 60.9 Å². The first kappa shape index (κ1) is 22.7. The van der Waals surface area contributed by atoms with Gasteiger partial charge in [-0.25, -0.2) is 13.2 Å². The smallest absolute Gasteiger partial charge is 0.342 e. The average molecular weight is 447 g/mol. The first-order valence-electron chi connectivity index (χ1n) is 10.1. The molecule has 9 heteroatoms. The molecule has 0 spiro atoms. The number of sulfone groups is 1. The first-order chi connectivity index (χ1) is 14.7. The summed E-state index contributed by atoms with van der Waals surface area (Å²) in [5.74, 6) is -0.194. The Hall–Kier alpha value is -2.94. The fourth-order valence-corrected chi connectivity index (χ4v) is 5.15. The number of ether oxygens (including phenoxy) is 2. The van der Waals surface area contributed by atoms with E-state index in [1.165, 1.54) is 11.1 Å². The molecule has 1 saturated heterocycles. The van der Waals surface area contributed by atoms with Crippen molar-refractivity contribution >= 4 is 21.7 Å². The molecule has 31 heavy (non-hydrogen) atoms. The van der Waals surface area contributed by atoms with Crippen LogP contribution in [-0.2, 0) is 19.4 Å². The molecule has 1 aliphatic heterocycles. The number of carbonyl (C=O) groups excluding carboxylic acids is 2. The second-order valence-electron chi connectivity index (χ2n) is 7.86. The molecule has 1 amide bonds. The molecule has 1 atom stereocenters. The largest absolute Gasteiger partial charge is 0.455 e. The first-order valence-corrected chi connectivity index (χ1v) is 11.9. The maximum atomic E-state index is 12.8. The molecule has 1 aliphatic rings. The molecule has 166 valence electrons. The molecule has 2 aromatic rings. The third kappa shape index (κ3) is 6.27. The lowest BCUT2D eigenvalue weighted by molar-refractivity contribution is -0.137. The van der Waals surface area contributed by atoms with E-state index >= 15 is 0 Å². The number of hydrogen-bond acceptors (Lipinski definition) is 7. The van der Waals surface area contributed by atoms with Crippen molar-refractivity contribution in [3.63, 3.8) is 0 Å². The van der Waals surface area contributed by atoms with Crippen molar-refractivity contribution in [2.45, 2.75) is 26.3 Å². The number of carbonyl (C=O) groups is 2. The summed E-state index contributed by atoms with van der Waals surface area (Å²) in [4.78, 5) is 30.9. The molecule has 2 heterocycles. The number of pyridine rings is 1. The monoisotopic (exact) mass is 446 g/mol. The van der Waals surface area contributed by atoms with Gasteiger partial charge in [-0.3, -0.25) is 9.78 Å². The van der Waals surface area contributed by atoms with E-state index in [0.717, 1.165) is 0 Å². The quantitative estimate of drug-likeness (QED) is 0.574. The van der Waals surface area contributed by atoms with E-state index in [9.17, 15) is 18.0 Å². The summed E-state index contributed by atoms with van der Waals surface area (Å²) in [6.07, 6.45) is 3.53. The summed E-state index contributed by atoms with van der Waals surface area (Å²) in [6.45, 7) is 3.82. The number of nitrogens with zero attached hydrogens (tertiary/aromatic N) is 2. The summed E-state index contributed by atoms with van der Waals surface area (Å²) in [6, 6.07) is 9.59. The Morgan fingerprint density at radius 2 is 1.97 bits per heavy atom. The lowest BCUT2D eigenvalue weighted by Gasteiger charge is -2.29. The Morgan fingerprint density at radius 1 is 1.19 bits per heavy atom. The Bertz CT molecular complexity index is 1020. The average Bonchev–Trinajstić information content (AvgIpc) is 3.10. The van der Waals surface area contributed by atoms with Crippen molar-refractivity contribution in [2.24, 2.45) is 5.92 Å². The molecule has 0 aliphatic carbocycles. The van der Waals surface area contributed by atoms with Gasteiger partial charge in [-0.1, -0.05) is 26.0 Å². The Morgan fingerprint density at radius 3 is 2.61 bits per heavy atom. The lowest BCUT2D eigenvalue weighted by Crippen LogP contribution is -2.45. The lowest BCUT2D eigenvalue weighted by atomic mass is 10.1. The van der Waals surface area contributed by atoms with E-state index in [1.54, 1.807) is 42.6 Å². The fraction of sp³-hybridized carbons (Fsp3) is 0.409. The molecule has 0 N–H and O–H groups in total. The number of aromatic nitrogens is 1. The van der Waals surface area contributed by atoms with Gasteiger partial charge in [-0.05, 0) is 36.6 Å². The predicted octanol–water partition coefficient (Wildman–Crippen LogP) is 2.70. The Kier molecular flexibility index (Phi) is 7.27. The number of benzene rings is 1. The van der Waals surface area contributed by atoms with Crippen LogP contribution in [0.25, 0.3) is 0 Å². The summed E-state index contributed by atoms with van der Waals surface area (Å²) in [5.41, 5.74) is 0.179. The van der Waals surface area contributed by atoms with Gasteiger partial charge in [0.25, 0.3) is 5.91 Å². The van der Waals surface area contributed by atoms with Crippen molar-refractivity contribution < 1.29 is 27.5 Å². The van der Waals surface area contributed by atoms with Gasteiger partial charge in [0.05, 0.1) is 17.7 Å². The topological polar surface area (TPSA) is 103 Å². The zero-order valence-electron chi connectivity index (χ0n) is 17.6. The van der Waals surface area contributed by atoms with Gasteiger partial charge in [-0.2, -0.15) is 0 Å². The molecule has 3 rings (SSSR count). The summed E-state index contributed by atoms with van der Waals surface area (Å²) in [5, 5.41) is 0. The number of rotatable bonds is 8. The van der Waals surface area contributed by atoms with Gasteiger partial charge in [0.1, 0.15) is 17.1 Å². The third-order valence-electron chi connectivity index (χ3n) is 4.83. The van der Waals surface area contributed by atoms with Crippen LogP contribution in [0.3, 0.4) is 0 Å². The van der Waals surface area contributed by atoms with Gasteiger partial charge in [-0.15, -0.1) is 0 Å². The van der Waals surface area contributed by atoms with Crippen LogP contribution in [0, 0.1) is 5.92 Å². The summed E-state index contributed by atoms with van der Waals surface area (Å²) in [7, 11) is -3.14. The van der Waals surface area contributed by atoms with Crippen LogP contribution < -0.4 is 4.74 Å². The molecule has 1 unspecified atom stereocenters. The third-order valence-corrected chi connectivity index (χ3v) is 6.58. The second-order valence-corrected chi connectivity index (χ2v) is 10.1. The van der Waals surface area contributed by atoms with E-state index in [0.29, 0.717) is 18.7 Å². The molecule has 0 saturated carbocycles. The van der Waals surface area contributed by atoms with E-state index in [1.807, 2.05) is 13.8 Å². The van der Waals surface area contributed by atoms with Gasteiger partial charge in [0.2, 0.25) is 0 Å². The van der Waals surface area contributed by atoms with Crippen LogP contribution >= 0.6 is 0 Å². The molecule has 1 fully saturated rings. The van der Waals surface area contributed by atoms with Crippen molar-refractivity contribution in [1.82, 2.24) is 9.88 Å². The van der Waals surface area contributed by atoms with Gasteiger partial charge < -0.3 is 14.4 Å². The molecule has 8 nitrogen and oxygen atoms in total. The van der Waals surface area contributed by atoms with Crippen LogP contribution in [0.15, 0.2) is 48.8 Å². The number of hydrogen-bond donors (Lipinski definition) is 0. The van der Waals surface area contributed by atoms with Gasteiger partial charge in [0, 0.05) is 18.8 Å². The minimum Gasteiger partial charge on any atom is -0.455 e. The van der Waals surface area contributed by atoms with E-state index in [2.05, 4.69) is 4.98 Å². The van der Waals surface area contributed by atoms with Crippen molar-refractivity contribution in [3.05, 3.63) is 54.4 Å². The maximum Gasteiger partial charge on any atom is 0.342 e. The molecule has 1 aromatic carbocycles. The van der Waals surface area contributed by atoms with Crippen LogP contribution in [0.2, 0.25) is 0 Å². The highest BCUT2D eigenvalue weighted by atomic mass is 32.2. The fourth-order valence-electron chi connectivity index (χ4n) is 3.42. The van der Waals surface area contributed by atoms with Crippen LogP contribution in [0.4, 0.5) is 0 Å². The van der Waals surface area contributed by atoms with Crippen LogP contribution in [0.1, 0.15) is 30.6 Å². The number of esters is 1. The summed E-state index contributed by atoms with van der Waals surface area (Å²) >= 11 is 0. The highest BCUT2D eigenvalue weighted by Gasteiger charge is 2.35. The molecular formula is C22H26N2O6S. The van der Waals surface area contributed by atoms with E-state index in [-0.39, 0.29) is 34.8 Å². The molecule has 0 bridgehead atoms. The Labute approximate surface area is 182 Å². The SMILES string of the molecule is CC(C)CN(C(=O)COC(=O)c1ccccc1Oc1cccnc1)C1CCS(=O)(=O)C1. The number of amides is 1. The summed E-state index contributed by atoms with van der Waals surface area (Å²) < 4.78 is 34.7. The zero-order chi connectivity index (χ0) is 22.4. The molecule has 1 aromatic heterocycles. The molecule has 0 radical (unpaired) electrons. The van der Waals surface area contributed by atoms with E-state index in [4.69, 9.17) is 9.47 Å². The predicted molar refractivity (Wildman–Crippen MR) is 115 cm³/mol. The highest BCUT2D eigenvalue weighted by Crippen LogP contribution is 2.25. The zero-order valence-corrected chi connectivity index (χ0v) is 18.4. The second kappa shape index (κ2) is 9.91. The van der Waals surface area contributed by atoms with E-state index < -0.39 is 28.3 Å². The van der Waals surface area contributed by atoms with Crippen molar-refractivity contribution in [2.75, 3.05) is 24.7 Å². The van der Waals surface area contributed by atoms with Crippen molar-refractivity contribution in [1.29, 1.82) is 0 Å². The minimum absolute atomic E-state index is 0.0544. The van der Waals surface area contributed by atoms with Crippen molar-refractivity contribution in [3.8, 4) is 11.5 Å². The molecular weight excluding hydrogens is 420 g/mol. The van der Waals surface area contributed by atoms with Crippen LogP contribution in [0.5, 0.6) is 11.5 Å². The minimum atomic E-state index is -3.14.